The minimum atomic E-state index is -0.480. The van der Waals surface area contributed by atoms with Crippen LogP contribution < -0.4 is 10.9 Å². The second-order valence-electron chi connectivity index (χ2n) is 5.20. The molecule has 0 aliphatic carbocycles. The van der Waals surface area contributed by atoms with Crippen molar-refractivity contribution in [2.24, 2.45) is 0 Å². The van der Waals surface area contributed by atoms with Gasteiger partial charge in [0, 0.05) is 30.2 Å². The summed E-state index contributed by atoms with van der Waals surface area (Å²) in [7, 11) is 0. The zero-order valence-corrected chi connectivity index (χ0v) is 13.0. The van der Waals surface area contributed by atoms with Crippen LogP contribution in [0.5, 0.6) is 0 Å². The van der Waals surface area contributed by atoms with Gasteiger partial charge in [0.2, 0.25) is 11.4 Å². The summed E-state index contributed by atoms with van der Waals surface area (Å²) in [5.74, 6) is 0.184. The molecule has 124 valence electrons. The summed E-state index contributed by atoms with van der Waals surface area (Å²) in [4.78, 5) is 28.4. The summed E-state index contributed by atoms with van der Waals surface area (Å²) < 4.78 is 0. The van der Waals surface area contributed by atoms with Gasteiger partial charge >= 0.3 is 5.69 Å². The van der Waals surface area contributed by atoms with E-state index in [1.807, 2.05) is 30.4 Å². The number of pyridine rings is 2. The van der Waals surface area contributed by atoms with Crippen LogP contribution in [0, 0.1) is 10.1 Å². The number of rotatable bonds is 5. The number of nitrogens with one attached hydrogen (secondary N) is 2. The Morgan fingerprint density at radius 2 is 1.88 bits per heavy atom. The number of hydrogen-bond donors (Lipinski definition) is 2. The SMILES string of the molecule is O=c1cc(/C=C/c2cccc(Nc3ncccc3[N+](=O)[O-])c2)cc[nH]1. The standard InChI is InChI=1S/C18H14N4O3/c23-17-12-14(8-10-19-17)7-6-13-3-1-4-15(11-13)21-18-16(22(24)25)5-2-9-20-18/h1-12H,(H,19,23)(H,20,21)/b7-6+. The molecule has 2 aromatic heterocycles. The van der Waals surface area contributed by atoms with E-state index in [9.17, 15) is 14.9 Å². The van der Waals surface area contributed by atoms with Crippen LogP contribution in [0.4, 0.5) is 17.2 Å². The number of aromatic amines is 1. The molecular formula is C18H14N4O3. The van der Waals surface area contributed by atoms with Crippen LogP contribution in [0.3, 0.4) is 0 Å². The quantitative estimate of drug-likeness (QED) is 0.548. The number of H-pyrrole nitrogens is 1. The number of nitrogens with zero attached hydrogens (tertiary/aromatic N) is 2. The maximum Gasteiger partial charge on any atom is 0.311 e. The highest BCUT2D eigenvalue weighted by atomic mass is 16.6. The third kappa shape index (κ3) is 4.17. The van der Waals surface area contributed by atoms with Crippen molar-refractivity contribution in [1.29, 1.82) is 0 Å². The van der Waals surface area contributed by atoms with Gasteiger partial charge in [0.05, 0.1) is 4.92 Å². The normalized spacial score (nSPS) is 10.7. The fraction of sp³-hybridized carbons (Fsp3) is 0. The molecule has 0 unspecified atom stereocenters. The van der Waals surface area contributed by atoms with Gasteiger partial charge < -0.3 is 10.3 Å². The van der Waals surface area contributed by atoms with Gasteiger partial charge in [-0.3, -0.25) is 14.9 Å². The molecule has 0 aliphatic heterocycles. The summed E-state index contributed by atoms with van der Waals surface area (Å²) in [5.41, 5.74) is 2.08. The third-order valence-electron chi connectivity index (χ3n) is 3.40. The number of benzene rings is 1. The number of anilines is 2. The predicted molar refractivity (Wildman–Crippen MR) is 96.6 cm³/mol. The van der Waals surface area contributed by atoms with Crippen molar-refractivity contribution in [3.05, 3.63) is 92.5 Å². The van der Waals surface area contributed by atoms with Crippen LogP contribution in [-0.4, -0.2) is 14.9 Å². The molecule has 0 radical (unpaired) electrons. The van der Waals surface area contributed by atoms with E-state index in [0.29, 0.717) is 5.69 Å². The highest BCUT2D eigenvalue weighted by Crippen LogP contribution is 2.25. The lowest BCUT2D eigenvalue weighted by Gasteiger charge is -2.06. The van der Waals surface area contributed by atoms with E-state index < -0.39 is 4.92 Å². The average molecular weight is 334 g/mol. The van der Waals surface area contributed by atoms with Crippen molar-refractivity contribution in [3.8, 4) is 0 Å². The molecule has 0 bridgehead atoms. The largest absolute Gasteiger partial charge is 0.334 e. The first-order valence-electron chi connectivity index (χ1n) is 7.45. The summed E-state index contributed by atoms with van der Waals surface area (Å²) in [6.45, 7) is 0. The van der Waals surface area contributed by atoms with E-state index in [0.717, 1.165) is 11.1 Å². The van der Waals surface area contributed by atoms with Crippen molar-refractivity contribution in [2.45, 2.75) is 0 Å². The Morgan fingerprint density at radius 1 is 1.08 bits per heavy atom. The first-order chi connectivity index (χ1) is 12.1. The lowest BCUT2D eigenvalue weighted by molar-refractivity contribution is -0.384. The monoisotopic (exact) mass is 334 g/mol. The Balaban J connectivity index is 1.83. The minimum absolute atomic E-state index is 0.0908. The zero-order chi connectivity index (χ0) is 17.6. The van der Waals surface area contributed by atoms with Gasteiger partial charge in [0.25, 0.3) is 0 Å². The molecule has 0 aliphatic rings. The van der Waals surface area contributed by atoms with E-state index in [2.05, 4.69) is 15.3 Å². The first kappa shape index (κ1) is 16.1. The topological polar surface area (TPSA) is 101 Å². The molecular weight excluding hydrogens is 320 g/mol. The smallest absolute Gasteiger partial charge is 0.311 e. The molecule has 7 heteroatoms. The summed E-state index contributed by atoms with van der Waals surface area (Å²) in [6, 6.07) is 13.5. The Morgan fingerprint density at radius 3 is 2.64 bits per heavy atom. The van der Waals surface area contributed by atoms with Gasteiger partial charge in [-0.1, -0.05) is 24.3 Å². The molecule has 3 rings (SSSR count). The van der Waals surface area contributed by atoms with E-state index in [-0.39, 0.29) is 17.1 Å². The first-order valence-corrected chi connectivity index (χ1v) is 7.45. The van der Waals surface area contributed by atoms with E-state index in [1.165, 1.54) is 24.4 Å². The van der Waals surface area contributed by atoms with Crippen LogP contribution in [0.1, 0.15) is 11.1 Å². The maximum absolute atomic E-state index is 11.3. The molecule has 25 heavy (non-hydrogen) atoms. The minimum Gasteiger partial charge on any atom is -0.334 e. The second-order valence-corrected chi connectivity index (χ2v) is 5.20. The lowest BCUT2D eigenvalue weighted by Crippen LogP contribution is -2.01. The van der Waals surface area contributed by atoms with Gasteiger partial charge in [0.1, 0.15) is 0 Å². The zero-order valence-electron chi connectivity index (χ0n) is 13.0. The van der Waals surface area contributed by atoms with Gasteiger partial charge in [-0.25, -0.2) is 4.98 Å². The third-order valence-corrected chi connectivity index (χ3v) is 3.40. The van der Waals surface area contributed by atoms with Gasteiger partial charge in [-0.15, -0.1) is 0 Å². The average Bonchev–Trinajstić information content (AvgIpc) is 2.61. The summed E-state index contributed by atoms with van der Waals surface area (Å²) in [5, 5.41) is 14.0. The predicted octanol–water partition coefficient (Wildman–Crippen LogP) is 3.59. The highest BCUT2D eigenvalue weighted by Gasteiger charge is 2.13. The molecule has 3 aromatic rings. The second kappa shape index (κ2) is 7.22. The van der Waals surface area contributed by atoms with Crippen molar-refractivity contribution < 1.29 is 4.92 Å². The Hall–Kier alpha value is -3.74. The van der Waals surface area contributed by atoms with Gasteiger partial charge in [-0.05, 0) is 35.4 Å². The summed E-state index contributed by atoms with van der Waals surface area (Å²) >= 11 is 0. The molecule has 1 aromatic carbocycles. The fourth-order valence-corrected chi connectivity index (χ4v) is 2.25. The lowest BCUT2D eigenvalue weighted by atomic mass is 10.1. The molecule has 2 N–H and O–H groups in total. The Bertz CT molecular complexity index is 995. The van der Waals surface area contributed by atoms with E-state index >= 15 is 0 Å². The Labute approximate surface area is 142 Å². The van der Waals surface area contributed by atoms with Crippen molar-refractivity contribution in [1.82, 2.24) is 9.97 Å². The Kier molecular flexibility index (Phi) is 4.66. The van der Waals surface area contributed by atoms with Crippen LogP contribution in [0.15, 0.2) is 65.7 Å². The number of hydrogen-bond acceptors (Lipinski definition) is 5. The van der Waals surface area contributed by atoms with Gasteiger partial charge in [-0.2, -0.15) is 0 Å². The van der Waals surface area contributed by atoms with Crippen molar-refractivity contribution in [2.75, 3.05) is 5.32 Å². The molecule has 0 saturated carbocycles. The molecule has 0 saturated heterocycles. The molecule has 2 heterocycles. The van der Waals surface area contributed by atoms with Crippen LogP contribution in [0.25, 0.3) is 12.2 Å². The molecule has 0 atom stereocenters. The number of aromatic nitrogens is 2. The van der Waals surface area contributed by atoms with E-state index in [4.69, 9.17) is 0 Å². The molecule has 7 nitrogen and oxygen atoms in total. The van der Waals surface area contributed by atoms with Crippen molar-refractivity contribution >= 4 is 29.3 Å². The highest BCUT2D eigenvalue weighted by molar-refractivity contribution is 5.73. The molecule has 0 amide bonds. The maximum atomic E-state index is 11.3. The van der Waals surface area contributed by atoms with Crippen LogP contribution in [0.2, 0.25) is 0 Å². The van der Waals surface area contributed by atoms with Crippen LogP contribution in [-0.2, 0) is 0 Å². The van der Waals surface area contributed by atoms with E-state index in [1.54, 1.807) is 18.3 Å². The van der Waals surface area contributed by atoms with Gasteiger partial charge in [0.15, 0.2) is 0 Å². The van der Waals surface area contributed by atoms with Crippen LogP contribution >= 0.6 is 0 Å². The summed E-state index contributed by atoms with van der Waals surface area (Å²) in [6.07, 6.45) is 6.75. The fourth-order valence-electron chi connectivity index (χ4n) is 2.25. The van der Waals surface area contributed by atoms with Crippen molar-refractivity contribution in [3.63, 3.8) is 0 Å². The number of nitro groups is 1. The molecule has 0 fully saturated rings. The molecule has 0 spiro atoms.